The molecule has 4 heteroatoms. The minimum Gasteiger partial charge on any atom is -0.248 e. The van der Waals surface area contributed by atoms with Crippen LogP contribution < -0.4 is 0 Å². The molecule has 1 aliphatic rings. The van der Waals surface area contributed by atoms with E-state index in [1.54, 1.807) is 0 Å². The molecule has 0 bridgehead atoms. The number of aryl methyl sites for hydroxylation is 1. The van der Waals surface area contributed by atoms with E-state index in [1.807, 2.05) is 11.6 Å². The van der Waals surface area contributed by atoms with Gasteiger partial charge in [-0.15, -0.1) is 5.10 Å². The number of hydrogen-bond donors (Lipinski definition) is 0. The molecule has 1 aromatic rings. The number of hydrogen-bond acceptors (Lipinski definition) is 3. The van der Waals surface area contributed by atoms with E-state index in [2.05, 4.69) is 16.4 Å². The van der Waals surface area contributed by atoms with Crippen LogP contribution in [-0.2, 0) is 13.0 Å². The molecule has 0 radical (unpaired) electrons. The maximum atomic E-state index is 9.00. The van der Waals surface area contributed by atoms with Crippen molar-refractivity contribution < 1.29 is 0 Å². The van der Waals surface area contributed by atoms with Crippen LogP contribution in [0.25, 0.3) is 0 Å². The van der Waals surface area contributed by atoms with Crippen molar-refractivity contribution in [2.45, 2.75) is 58.4 Å². The molecule has 2 rings (SSSR count). The molecular weight excluding hydrogens is 212 g/mol. The van der Waals surface area contributed by atoms with Crippen LogP contribution in [0.4, 0.5) is 0 Å². The maximum absolute atomic E-state index is 9.00. The predicted molar refractivity (Wildman–Crippen MR) is 65.3 cm³/mol. The molecule has 0 aliphatic heterocycles. The van der Waals surface area contributed by atoms with E-state index >= 15 is 0 Å². The Labute approximate surface area is 103 Å². The van der Waals surface area contributed by atoms with Gasteiger partial charge in [0.1, 0.15) is 6.07 Å². The summed E-state index contributed by atoms with van der Waals surface area (Å²) in [4.78, 5) is 0. The van der Waals surface area contributed by atoms with Crippen molar-refractivity contribution in [3.63, 3.8) is 0 Å². The van der Waals surface area contributed by atoms with Gasteiger partial charge in [-0.3, -0.25) is 0 Å². The fourth-order valence-electron chi connectivity index (χ4n) is 2.74. The lowest BCUT2D eigenvalue weighted by molar-refractivity contribution is 0.336. The van der Waals surface area contributed by atoms with Gasteiger partial charge in [-0.05, 0) is 25.7 Å². The summed E-state index contributed by atoms with van der Waals surface area (Å²) in [7, 11) is 0. The molecule has 0 aromatic carbocycles. The Kier molecular flexibility index (Phi) is 4.13. The first-order valence-corrected chi connectivity index (χ1v) is 6.67. The average Bonchev–Trinajstić information content (AvgIpc) is 2.79. The molecule has 1 heterocycles. The van der Waals surface area contributed by atoms with Crippen LogP contribution in [0.2, 0.25) is 0 Å². The van der Waals surface area contributed by atoms with Crippen LogP contribution in [0.1, 0.15) is 56.8 Å². The third-order valence-corrected chi connectivity index (χ3v) is 3.76. The smallest absolute Gasteiger partial charge is 0.185 e. The van der Waals surface area contributed by atoms with E-state index in [9.17, 15) is 0 Å². The second-order valence-electron chi connectivity index (χ2n) is 4.86. The molecule has 0 saturated heterocycles. The first-order valence-electron chi connectivity index (χ1n) is 6.67. The second-order valence-corrected chi connectivity index (χ2v) is 4.86. The number of nitriles is 1. The van der Waals surface area contributed by atoms with Gasteiger partial charge in [0.15, 0.2) is 5.69 Å². The molecule has 0 unspecified atom stereocenters. The molecule has 1 aliphatic carbocycles. The van der Waals surface area contributed by atoms with Crippen LogP contribution in [0.15, 0.2) is 0 Å². The van der Waals surface area contributed by atoms with Gasteiger partial charge in [0, 0.05) is 6.54 Å². The summed E-state index contributed by atoms with van der Waals surface area (Å²) in [5, 5.41) is 16.9. The highest BCUT2D eigenvalue weighted by Crippen LogP contribution is 2.27. The van der Waals surface area contributed by atoms with Crippen LogP contribution in [-0.4, -0.2) is 15.0 Å². The van der Waals surface area contributed by atoms with Gasteiger partial charge < -0.3 is 0 Å². The number of aromatic nitrogens is 3. The summed E-state index contributed by atoms with van der Waals surface area (Å²) in [5.74, 6) is 0.843. The standard InChI is InChI=1S/C13H20N4/c1-2-17-13(12(10-14)15-16-17)9-8-11-6-4-3-5-7-11/h11H,2-9H2,1H3. The van der Waals surface area contributed by atoms with E-state index < -0.39 is 0 Å². The van der Waals surface area contributed by atoms with Crippen LogP contribution in [0.5, 0.6) is 0 Å². The third kappa shape index (κ3) is 2.85. The summed E-state index contributed by atoms with van der Waals surface area (Å²) < 4.78 is 1.86. The van der Waals surface area contributed by atoms with Gasteiger partial charge in [0.2, 0.25) is 0 Å². The van der Waals surface area contributed by atoms with Crippen LogP contribution in [0, 0.1) is 17.2 Å². The lowest BCUT2D eigenvalue weighted by atomic mass is 9.85. The Morgan fingerprint density at radius 1 is 1.35 bits per heavy atom. The molecule has 0 spiro atoms. The molecule has 0 amide bonds. The molecule has 1 aromatic heterocycles. The average molecular weight is 232 g/mol. The van der Waals surface area contributed by atoms with Crippen molar-refractivity contribution in [3.8, 4) is 6.07 Å². The fourth-order valence-corrected chi connectivity index (χ4v) is 2.74. The zero-order valence-corrected chi connectivity index (χ0v) is 10.5. The van der Waals surface area contributed by atoms with Gasteiger partial charge in [0.05, 0.1) is 5.69 Å². The summed E-state index contributed by atoms with van der Waals surface area (Å²) in [6.07, 6.45) is 9.00. The van der Waals surface area contributed by atoms with Crippen molar-refractivity contribution in [1.29, 1.82) is 5.26 Å². The third-order valence-electron chi connectivity index (χ3n) is 3.76. The number of rotatable bonds is 4. The Morgan fingerprint density at radius 3 is 2.76 bits per heavy atom. The van der Waals surface area contributed by atoms with Crippen LogP contribution in [0.3, 0.4) is 0 Å². The van der Waals surface area contributed by atoms with Crippen molar-refractivity contribution in [2.75, 3.05) is 0 Å². The largest absolute Gasteiger partial charge is 0.248 e. The first-order chi connectivity index (χ1) is 8.35. The highest BCUT2D eigenvalue weighted by atomic mass is 15.4. The Bertz CT molecular complexity index is 396. The highest BCUT2D eigenvalue weighted by Gasteiger charge is 2.17. The second kappa shape index (κ2) is 5.81. The van der Waals surface area contributed by atoms with Gasteiger partial charge in [-0.2, -0.15) is 5.26 Å². The summed E-state index contributed by atoms with van der Waals surface area (Å²) >= 11 is 0. The Morgan fingerprint density at radius 2 is 2.12 bits per heavy atom. The summed E-state index contributed by atoms with van der Waals surface area (Å²) in [6, 6.07) is 2.14. The SMILES string of the molecule is CCn1nnc(C#N)c1CCC1CCCCC1. The topological polar surface area (TPSA) is 54.5 Å². The molecule has 1 fully saturated rings. The Balaban J connectivity index is 1.97. The van der Waals surface area contributed by atoms with E-state index in [1.165, 1.54) is 38.5 Å². The molecule has 0 atom stereocenters. The minimum absolute atomic E-state index is 0.516. The summed E-state index contributed by atoms with van der Waals surface area (Å²) in [5.41, 5.74) is 1.54. The molecule has 1 saturated carbocycles. The van der Waals surface area contributed by atoms with E-state index in [4.69, 9.17) is 5.26 Å². The molecule has 92 valence electrons. The molecule has 0 N–H and O–H groups in total. The van der Waals surface area contributed by atoms with Gasteiger partial charge in [-0.1, -0.05) is 37.3 Å². The lowest BCUT2D eigenvalue weighted by Gasteiger charge is -2.21. The van der Waals surface area contributed by atoms with Crippen molar-refractivity contribution in [2.24, 2.45) is 5.92 Å². The van der Waals surface area contributed by atoms with Gasteiger partial charge in [0.25, 0.3) is 0 Å². The zero-order chi connectivity index (χ0) is 12.1. The van der Waals surface area contributed by atoms with E-state index in [0.717, 1.165) is 24.6 Å². The molecule has 4 nitrogen and oxygen atoms in total. The van der Waals surface area contributed by atoms with E-state index in [-0.39, 0.29) is 0 Å². The van der Waals surface area contributed by atoms with Crippen molar-refractivity contribution in [3.05, 3.63) is 11.4 Å². The van der Waals surface area contributed by atoms with Gasteiger partial charge in [-0.25, -0.2) is 4.68 Å². The normalized spacial score (nSPS) is 16.9. The first kappa shape index (κ1) is 12.1. The number of nitrogens with zero attached hydrogens (tertiary/aromatic N) is 4. The quantitative estimate of drug-likeness (QED) is 0.802. The van der Waals surface area contributed by atoms with Crippen LogP contribution >= 0.6 is 0 Å². The fraction of sp³-hybridized carbons (Fsp3) is 0.769. The zero-order valence-electron chi connectivity index (χ0n) is 10.5. The maximum Gasteiger partial charge on any atom is 0.185 e. The highest BCUT2D eigenvalue weighted by molar-refractivity contribution is 5.24. The lowest BCUT2D eigenvalue weighted by Crippen LogP contribution is -2.10. The summed E-state index contributed by atoms with van der Waals surface area (Å²) in [6.45, 7) is 2.84. The van der Waals surface area contributed by atoms with Crippen molar-refractivity contribution >= 4 is 0 Å². The van der Waals surface area contributed by atoms with E-state index in [0.29, 0.717) is 5.69 Å². The minimum atomic E-state index is 0.516. The van der Waals surface area contributed by atoms with Gasteiger partial charge >= 0.3 is 0 Å². The predicted octanol–water partition coefficient (Wildman–Crippen LogP) is 2.68. The monoisotopic (exact) mass is 232 g/mol. The molecule has 17 heavy (non-hydrogen) atoms. The Hall–Kier alpha value is -1.37. The molecular formula is C13H20N4. The van der Waals surface area contributed by atoms with Crippen molar-refractivity contribution in [1.82, 2.24) is 15.0 Å².